The summed E-state index contributed by atoms with van der Waals surface area (Å²) in [4.78, 5) is 6.50. The molecule has 100 valence electrons. The number of hydrogen-bond acceptors (Lipinski definition) is 3. The average Bonchev–Trinajstić information content (AvgIpc) is 2.37. The van der Waals surface area contributed by atoms with E-state index in [-0.39, 0.29) is 0 Å². The summed E-state index contributed by atoms with van der Waals surface area (Å²) >= 11 is 3.51. The lowest BCUT2D eigenvalue weighted by Gasteiger charge is -2.20. The van der Waals surface area contributed by atoms with E-state index >= 15 is 0 Å². The molecule has 3 nitrogen and oxygen atoms in total. The third-order valence-electron chi connectivity index (χ3n) is 3.25. The minimum atomic E-state index is 0.732. The van der Waals surface area contributed by atoms with E-state index in [1.165, 1.54) is 11.1 Å². The standard InChI is InChI=1S/C15H18BrN3/c1-10-4-5-13(16)7-12(10)9-19(3)15-6-11(2)14(17)8-18-15/h4-8H,9,17H2,1-3H3. The van der Waals surface area contributed by atoms with Gasteiger partial charge in [-0.3, -0.25) is 0 Å². The van der Waals surface area contributed by atoms with Crippen molar-refractivity contribution in [1.82, 2.24) is 4.98 Å². The Morgan fingerprint density at radius 1 is 1.21 bits per heavy atom. The van der Waals surface area contributed by atoms with Crippen molar-refractivity contribution in [2.75, 3.05) is 17.7 Å². The van der Waals surface area contributed by atoms with Crippen molar-refractivity contribution in [2.45, 2.75) is 20.4 Å². The average molecular weight is 320 g/mol. The Kier molecular flexibility index (Phi) is 4.10. The van der Waals surface area contributed by atoms with Crippen LogP contribution in [0.4, 0.5) is 11.5 Å². The maximum atomic E-state index is 5.80. The number of pyridine rings is 1. The summed E-state index contributed by atoms with van der Waals surface area (Å²) in [6.45, 7) is 4.94. The predicted molar refractivity (Wildman–Crippen MR) is 84.4 cm³/mol. The van der Waals surface area contributed by atoms with Crippen molar-refractivity contribution in [3.63, 3.8) is 0 Å². The van der Waals surface area contributed by atoms with Gasteiger partial charge >= 0.3 is 0 Å². The highest BCUT2D eigenvalue weighted by Crippen LogP contribution is 2.21. The van der Waals surface area contributed by atoms with Crippen molar-refractivity contribution in [1.29, 1.82) is 0 Å². The SMILES string of the molecule is Cc1cc(N(C)Cc2cc(Br)ccc2C)ncc1N. The van der Waals surface area contributed by atoms with E-state index in [1.807, 2.05) is 20.0 Å². The Morgan fingerprint density at radius 2 is 1.95 bits per heavy atom. The normalized spacial score (nSPS) is 10.5. The van der Waals surface area contributed by atoms with Gasteiger partial charge in [0.25, 0.3) is 0 Å². The number of benzene rings is 1. The Bertz CT molecular complexity index is 596. The van der Waals surface area contributed by atoms with Crippen LogP contribution < -0.4 is 10.6 Å². The molecule has 0 atom stereocenters. The fraction of sp³-hybridized carbons (Fsp3) is 0.267. The number of aryl methyl sites for hydroxylation is 2. The number of halogens is 1. The summed E-state index contributed by atoms with van der Waals surface area (Å²) in [6, 6.07) is 8.35. The van der Waals surface area contributed by atoms with E-state index in [2.05, 4.69) is 50.9 Å². The van der Waals surface area contributed by atoms with Crippen molar-refractivity contribution in [3.8, 4) is 0 Å². The third kappa shape index (κ3) is 3.26. The van der Waals surface area contributed by atoms with Crippen LogP contribution in [0.15, 0.2) is 34.9 Å². The second-order valence-electron chi connectivity index (χ2n) is 4.83. The van der Waals surface area contributed by atoms with Crippen LogP contribution in [0.5, 0.6) is 0 Å². The maximum Gasteiger partial charge on any atom is 0.128 e. The van der Waals surface area contributed by atoms with Crippen molar-refractivity contribution >= 4 is 27.4 Å². The molecule has 0 fully saturated rings. The quantitative estimate of drug-likeness (QED) is 0.938. The Morgan fingerprint density at radius 3 is 2.63 bits per heavy atom. The smallest absolute Gasteiger partial charge is 0.128 e. The zero-order valence-corrected chi connectivity index (χ0v) is 13.0. The summed E-state index contributed by atoms with van der Waals surface area (Å²) in [5.41, 5.74) is 10.2. The molecule has 0 spiro atoms. The molecule has 2 N–H and O–H groups in total. The molecule has 1 aromatic carbocycles. The number of aromatic nitrogens is 1. The van der Waals surface area contributed by atoms with E-state index in [4.69, 9.17) is 5.73 Å². The van der Waals surface area contributed by atoms with Gasteiger partial charge in [0.1, 0.15) is 5.82 Å². The summed E-state index contributed by atoms with van der Waals surface area (Å²) in [6.07, 6.45) is 1.72. The van der Waals surface area contributed by atoms with Crippen LogP contribution in [0, 0.1) is 13.8 Å². The van der Waals surface area contributed by atoms with Gasteiger partial charge in [0.15, 0.2) is 0 Å². The van der Waals surface area contributed by atoms with Crippen LogP contribution in [0.2, 0.25) is 0 Å². The molecule has 0 saturated carbocycles. The first-order valence-electron chi connectivity index (χ1n) is 6.15. The highest BCUT2D eigenvalue weighted by Gasteiger charge is 2.07. The zero-order valence-electron chi connectivity index (χ0n) is 11.4. The van der Waals surface area contributed by atoms with Crippen LogP contribution in [0.25, 0.3) is 0 Å². The zero-order chi connectivity index (χ0) is 14.0. The van der Waals surface area contributed by atoms with Crippen molar-refractivity contribution < 1.29 is 0 Å². The molecular formula is C15H18BrN3. The topological polar surface area (TPSA) is 42.2 Å². The molecule has 0 amide bonds. The van der Waals surface area contributed by atoms with E-state index in [9.17, 15) is 0 Å². The molecular weight excluding hydrogens is 302 g/mol. The summed E-state index contributed by atoms with van der Waals surface area (Å²) in [7, 11) is 2.04. The van der Waals surface area contributed by atoms with Crippen molar-refractivity contribution in [3.05, 3.63) is 51.6 Å². The molecule has 0 aliphatic carbocycles. The molecule has 1 heterocycles. The highest BCUT2D eigenvalue weighted by atomic mass is 79.9. The molecule has 2 rings (SSSR count). The van der Waals surface area contributed by atoms with Gasteiger partial charge in [-0.1, -0.05) is 22.0 Å². The second-order valence-corrected chi connectivity index (χ2v) is 5.74. The summed E-state index contributed by atoms with van der Waals surface area (Å²) in [5, 5.41) is 0. The van der Waals surface area contributed by atoms with E-state index in [0.29, 0.717) is 0 Å². The van der Waals surface area contributed by atoms with Gasteiger partial charge < -0.3 is 10.6 Å². The maximum absolute atomic E-state index is 5.80. The van der Waals surface area contributed by atoms with Gasteiger partial charge in [-0.2, -0.15) is 0 Å². The first-order valence-corrected chi connectivity index (χ1v) is 6.95. The minimum absolute atomic E-state index is 0.732. The lowest BCUT2D eigenvalue weighted by atomic mass is 10.1. The Hall–Kier alpha value is -1.55. The number of hydrogen-bond donors (Lipinski definition) is 1. The molecule has 0 aliphatic rings. The third-order valence-corrected chi connectivity index (χ3v) is 3.74. The Balaban J connectivity index is 2.22. The van der Waals surface area contributed by atoms with E-state index in [1.54, 1.807) is 6.20 Å². The molecule has 0 aliphatic heterocycles. The summed E-state index contributed by atoms with van der Waals surface area (Å²) in [5.74, 6) is 0.936. The fourth-order valence-corrected chi connectivity index (χ4v) is 2.32. The molecule has 0 saturated heterocycles. The number of rotatable bonds is 3. The first kappa shape index (κ1) is 13.9. The number of nitrogens with two attached hydrogens (primary N) is 1. The molecule has 0 radical (unpaired) electrons. The number of nitrogens with zero attached hydrogens (tertiary/aromatic N) is 2. The minimum Gasteiger partial charge on any atom is -0.397 e. The fourth-order valence-electron chi connectivity index (χ4n) is 1.91. The second kappa shape index (κ2) is 5.61. The van der Waals surface area contributed by atoms with Gasteiger partial charge in [-0.05, 0) is 48.7 Å². The molecule has 19 heavy (non-hydrogen) atoms. The molecule has 1 aromatic heterocycles. The van der Waals surface area contributed by atoms with Gasteiger partial charge in [0.2, 0.25) is 0 Å². The van der Waals surface area contributed by atoms with Crippen LogP contribution in [-0.4, -0.2) is 12.0 Å². The number of anilines is 2. The first-order chi connectivity index (χ1) is 8.97. The van der Waals surface area contributed by atoms with E-state index in [0.717, 1.165) is 28.1 Å². The van der Waals surface area contributed by atoms with Crippen LogP contribution in [-0.2, 0) is 6.54 Å². The van der Waals surface area contributed by atoms with Crippen LogP contribution in [0.1, 0.15) is 16.7 Å². The Labute approximate surface area is 122 Å². The van der Waals surface area contributed by atoms with Gasteiger partial charge in [-0.25, -0.2) is 4.98 Å². The molecule has 0 unspecified atom stereocenters. The monoisotopic (exact) mass is 319 g/mol. The summed E-state index contributed by atoms with van der Waals surface area (Å²) < 4.78 is 1.10. The van der Waals surface area contributed by atoms with E-state index < -0.39 is 0 Å². The lowest BCUT2D eigenvalue weighted by Crippen LogP contribution is -2.18. The largest absolute Gasteiger partial charge is 0.397 e. The highest BCUT2D eigenvalue weighted by molar-refractivity contribution is 9.10. The number of nitrogen functional groups attached to an aromatic ring is 1. The van der Waals surface area contributed by atoms with Crippen LogP contribution in [0.3, 0.4) is 0 Å². The van der Waals surface area contributed by atoms with Crippen molar-refractivity contribution in [2.24, 2.45) is 0 Å². The van der Waals surface area contributed by atoms with Gasteiger partial charge in [0.05, 0.1) is 11.9 Å². The van der Waals surface area contributed by atoms with Gasteiger partial charge in [0, 0.05) is 18.1 Å². The molecule has 0 bridgehead atoms. The van der Waals surface area contributed by atoms with Crippen LogP contribution >= 0.6 is 15.9 Å². The van der Waals surface area contributed by atoms with Gasteiger partial charge in [-0.15, -0.1) is 0 Å². The molecule has 2 aromatic rings. The molecule has 4 heteroatoms. The predicted octanol–water partition coefficient (Wildman–Crippen LogP) is 3.68. The lowest BCUT2D eigenvalue weighted by molar-refractivity contribution is 0.889.